The van der Waals surface area contributed by atoms with E-state index >= 15 is 0 Å². The number of aliphatic imine (C=N–C) groups is 1. The van der Waals surface area contributed by atoms with Gasteiger partial charge in [-0.3, -0.25) is 4.79 Å². The standard InChI is InChI=1S/C8H13N5OS2/c9-6(14)1-2-16-7(13-8(10)11)5-3-15-4-12-5/h3-4,7H,1-2H2,(H2,9,14)(H4,10,11,13). The highest BCUT2D eigenvalue weighted by atomic mass is 32.2. The molecular weight excluding hydrogens is 246 g/mol. The molecule has 0 bridgehead atoms. The smallest absolute Gasteiger partial charge is 0.218 e. The van der Waals surface area contributed by atoms with Crippen LogP contribution in [-0.2, 0) is 4.79 Å². The summed E-state index contributed by atoms with van der Waals surface area (Å²) in [7, 11) is 0. The summed E-state index contributed by atoms with van der Waals surface area (Å²) in [6, 6.07) is 0. The van der Waals surface area contributed by atoms with Gasteiger partial charge in [0.2, 0.25) is 5.91 Å². The van der Waals surface area contributed by atoms with Crippen molar-refractivity contribution in [3.8, 4) is 0 Å². The molecule has 1 rings (SSSR count). The molecule has 6 N–H and O–H groups in total. The van der Waals surface area contributed by atoms with E-state index in [9.17, 15) is 4.79 Å². The maximum absolute atomic E-state index is 10.6. The molecule has 1 aromatic heterocycles. The lowest BCUT2D eigenvalue weighted by Gasteiger charge is -2.09. The number of primary amides is 1. The fourth-order valence-electron chi connectivity index (χ4n) is 0.939. The molecule has 0 fully saturated rings. The first-order valence-corrected chi connectivity index (χ1v) is 6.45. The van der Waals surface area contributed by atoms with Gasteiger partial charge in [0.15, 0.2) is 5.96 Å². The molecular formula is C8H13N5OS2. The number of rotatable bonds is 6. The summed E-state index contributed by atoms with van der Waals surface area (Å²) in [6.07, 6.45) is 0.297. The Morgan fingerprint density at radius 1 is 1.56 bits per heavy atom. The molecule has 1 aromatic rings. The first-order chi connectivity index (χ1) is 7.59. The van der Waals surface area contributed by atoms with Crippen molar-refractivity contribution in [2.45, 2.75) is 11.8 Å². The summed E-state index contributed by atoms with van der Waals surface area (Å²) < 4.78 is 0. The summed E-state index contributed by atoms with van der Waals surface area (Å²) in [4.78, 5) is 18.8. The molecule has 0 aliphatic carbocycles. The van der Waals surface area contributed by atoms with Gasteiger partial charge in [0.25, 0.3) is 0 Å². The number of aromatic nitrogens is 1. The van der Waals surface area contributed by atoms with Gasteiger partial charge in [-0.1, -0.05) is 0 Å². The normalized spacial score (nSPS) is 12.0. The molecule has 1 unspecified atom stereocenters. The summed E-state index contributed by atoms with van der Waals surface area (Å²) in [6.45, 7) is 0. The maximum Gasteiger partial charge on any atom is 0.218 e. The minimum atomic E-state index is -0.339. The second-order valence-electron chi connectivity index (χ2n) is 2.91. The molecule has 0 saturated heterocycles. The van der Waals surface area contributed by atoms with Crippen LogP contribution in [0.5, 0.6) is 0 Å². The van der Waals surface area contributed by atoms with Crippen LogP contribution < -0.4 is 17.2 Å². The Morgan fingerprint density at radius 2 is 2.31 bits per heavy atom. The number of thiazole rings is 1. The molecule has 1 atom stereocenters. The van der Waals surface area contributed by atoms with Crippen LogP contribution in [0, 0.1) is 0 Å². The summed E-state index contributed by atoms with van der Waals surface area (Å²) in [5.74, 6) is 0.229. The van der Waals surface area contributed by atoms with Gasteiger partial charge in [-0.05, 0) is 0 Å². The third-order valence-corrected chi connectivity index (χ3v) is 3.30. The maximum atomic E-state index is 10.6. The highest BCUT2D eigenvalue weighted by Gasteiger charge is 2.13. The van der Waals surface area contributed by atoms with Crippen molar-refractivity contribution >= 4 is 35.0 Å². The first kappa shape index (κ1) is 12.8. The topological polar surface area (TPSA) is 120 Å². The van der Waals surface area contributed by atoms with E-state index in [2.05, 4.69) is 9.98 Å². The van der Waals surface area contributed by atoms with Gasteiger partial charge in [0, 0.05) is 17.6 Å². The van der Waals surface area contributed by atoms with Crippen molar-refractivity contribution in [1.29, 1.82) is 0 Å². The SMILES string of the molecule is NC(=O)CCSC(N=C(N)N)c1cscn1. The zero-order chi connectivity index (χ0) is 12.0. The molecule has 8 heteroatoms. The first-order valence-electron chi connectivity index (χ1n) is 4.46. The van der Waals surface area contributed by atoms with Crippen molar-refractivity contribution in [1.82, 2.24) is 4.98 Å². The number of amides is 1. The van der Waals surface area contributed by atoms with Crippen molar-refractivity contribution in [2.24, 2.45) is 22.2 Å². The molecule has 88 valence electrons. The quantitative estimate of drug-likeness (QED) is 0.491. The zero-order valence-corrected chi connectivity index (χ0v) is 10.1. The molecule has 6 nitrogen and oxygen atoms in total. The number of thioether (sulfide) groups is 1. The second kappa shape index (κ2) is 6.33. The van der Waals surface area contributed by atoms with E-state index < -0.39 is 0 Å². The van der Waals surface area contributed by atoms with Crippen LogP contribution in [0.25, 0.3) is 0 Å². The Hall–Kier alpha value is -1.28. The van der Waals surface area contributed by atoms with Crippen LogP contribution in [0.1, 0.15) is 17.5 Å². The summed E-state index contributed by atoms with van der Waals surface area (Å²) in [5, 5.41) is 1.60. The lowest BCUT2D eigenvalue weighted by molar-refractivity contribution is -0.117. The van der Waals surface area contributed by atoms with Crippen LogP contribution in [-0.4, -0.2) is 22.6 Å². The number of hydrogen-bond donors (Lipinski definition) is 3. The fraction of sp³-hybridized carbons (Fsp3) is 0.375. The Labute approximate surface area is 101 Å². The van der Waals surface area contributed by atoms with Gasteiger partial charge in [-0.25, -0.2) is 9.98 Å². The number of nitrogens with two attached hydrogens (primary N) is 3. The van der Waals surface area contributed by atoms with E-state index in [0.717, 1.165) is 5.69 Å². The average molecular weight is 259 g/mol. The summed E-state index contributed by atoms with van der Waals surface area (Å²) in [5.41, 5.74) is 18.2. The predicted molar refractivity (Wildman–Crippen MR) is 66.9 cm³/mol. The zero-order valence-electron chi connectivity index (χ0n) is 8.50. The molecule has 0 radical (unpaired) electrons. The number of guanidine groups is 1. The van der Waals surface area contributed by atoms with Gasteiger partial charge in [0.05, 0.1) is 11.2 Å². The van der Waals surface area contributed by atoms with Gasteiger partial charge in [0.1, 0.15) is 5.37 Å². The van der Waals surface area contributed by atoms with E-state index in [1.165, 1.54) is 23.1 Å². The molecule has 0 spiro atoms. The number of carbonyl (C=O) groups is 1. The number of hydrogen-bond acceptors (Lipinski definition) is 5. The van der Waals surface area contributed by atoms with Crippen LogP contribution in [0.15, 0.2) is 15.9 Å². The summed E-state index contributed by atoms with van der Waals surface area (Å²) >= 11 is 2.90. The lowest BCUT2D eigenvalue weighted by atomic mass is 10.5. The molecule has 16 heavy (non-hydrogen) atoms. The number of carbonyl (C=O) groups excluding carboxylic acids is 1. The van der Waals surface area contributed by atoms with Gasteiger partial charge < -0.3 is 17.2 Å². The van der Waals surface area contributed by atoms with Crippen LogP contribution >= 0.6 is 23.1 Å². The third-order valence-electron chi connectivity index (χ3n) is 1.59. The van der Waals surface area contributed by atoms with Crippen LogP contribution in [0.4, 0.5) is 0 Å². The van der Waals surface area contributed by atoms with Gasteiger partial charge in [-0.2, -0.15) is 0 Å². The molecule has 0 aromatic carbocycles. The van der Waals surface area contributed by atoms with E-state index in [4.69, 9.17) is 17.2 Å². The molecule has 1 heterocycles. The minimum absolute atomic E-state index is 0.00424. The highest BCUT2D eigenvalue weighted by Crippen LogP contribution is 2.30. The Bertz CT molecular complexity index is 361. The van der Waals surface area contributed by atoms with E-state index in [1.54, 1.807) is 5.51 Å². The molecule has 1 amide bonds. The van der Waals surface area contributed by atoms with Crippen LogP contribution in [0.3, 0.4) is 0 Å². The van der Waals surface area contributed by atoms with E-state index in [1.807, 2.05) is 5.38 Å². The number of nitrogens with zero attached hydrogens (tertiary/aromatic N) is 2. The monoisotopic (exact) mass is 259 g/mol. The van der Waals surface area contributed by atoms with Crippen molar-refractivity contribution < 1.29 is 4.79 Å². The highest BCUT2D eigenvalue weighted by molar-refractivity contribution is 7.99. The fourth-order valence-corrected chi connectivity index (χ4v) is 2.64. The minimum Gasteiger partial charge on any atom is -0.370 e. The van der Waals surface area contributed by atoms with Crippen molar-refractivity contribution in [3.63, 3.8) is 0 Å². The van der Waals surface area contributed by atoms with Crippen LogP contribution in [0.2, 0.25) is 0 Å². The lowest BCUT2D eigenvalue weighted by Crippen LogP contribution is -2.23. The van der Waals surface area contributed by atoms with E-state index in [0.29, 0.717) is 12.2 Å². The third kappa shape index (κ3) is 4.49. The Morgan fingerprint density at radius 3 is 2.81 bits per heavy atom. The van der Waals surface area contributed by atoms with Crippen molar-refractivity contribution in [3.05, 3.63) is 16.6 Å². The largest absolute Gasteiger partial charge is 0.370 e. The Kier molecular flexibility index (Phi) is 5.06. The molecule has 0 aliphatic heterocycles. The van der Waals surface area contributed by atoms with Gasteiger partial charge >= 0.3 is 0 Å². The van der Waals surface area contributed by atoms with Gasteiger partial charge in [-0.15, -0.1) is 23.1 Å². The molecule has 0 saturated carbocycles. The average Bonchev–Trinajstić information content (AvgIpc) is 2.67. The predicted octanol–water partition coefficient (Wildman–Crippen LogP) is 0.0237. The van der Waals surface area contributed by atoms with Crippen molar-refractivity contribution in [2.75, 3.05) is 5.75 Å². The second-order valence-corrected chi connectivity index (χ2v) is 4.81. The molecule has 0 aliphatic rings. The Balaban J connectivity index is 2.59. The van der Waals surface area contributed by atoms with E-state index in [-0.39, 0.29) is 17.2 Å².